The molecule has 26 heavy (non-hydrogen) atoms. The van der Waals surface area contributed by atoms with Gasteiger partial charge in [-0.1, -0.05) is 12.1 Å². The summed E-state index contributed by atoms with van der Waals surface area (Å²) in [5.74, 6) is 0.248. The number of ether oxygens (including phenoxy) is 1. The maximum Gasteiger partial charge on any atom is 0.247 e. The number of amides is 1. The van der Waals surface area contributed by atoms with Gasteiger partial charge < -0.3 is 10.1 Å². The van der Waals surface area contributed by atoms with E-state index < -0.39 is 10.0 Å². The van der Waals surface area contributed by atoms with Crippen molar-refractivity contribution in [3.63, 3.8) is 0 Å². The van der Waals surface area contributed by atoms with E-state index in [-0.39, 0.29) is 42.5 Å². The van der Waals surface area contributed by atoms with Gasteiger partial charge in [0.25, 0.3) is 0 Å². The van der Waals surface area contributed by atoms with Gasteiger partial charge in [-0.25, -0.2) is 13.4 Å². The highest BCUT2D eigenvalue weighted by Crippen LogP contribution is 2.35. The molecule has 1 aromatic heterocycles. The zero-order valence-corrected chi connectivity index (χ0v) is 15.8. The molecule has 0 saturated carbocycles. The third kappa shape index (κ3) is 3.22. The number of nitrogens with zero attached hydrogens (tertiary/aromatic N) is 2. The number of carbonyl (C=O) groups is 1. The monoisotopic (exact) mass is 393 g/mol. The van der Waals surface area contributed by atoms with Gasteiger partial charge in [0.05, 0.1) is 23.2 Å². The average Bonchev–Trinajstić information content (AvgIpc) is 3.17. The molecule has 3 heterocycles. The minimum absolute atomic E-state index is 0.142. The first-order valence-corrected chi connectivity index (χ1v) is 10.7. The number of sulfonamides is 1. The number of benzene rings is 1. The largest absolute Gasteiger partial charge is 0.490 e. The Morgan fingerprint density at radius 1 is 1.42 bits per heavy atom. The second-order valence-electron chi connectivity index (χ2n) is 6.52. The molecular formula is C17H19N3O4S2. The fraction of sp³-hybridized carbons (Fsp3) is 0.412. The van der Waals surface area contributed by atoms with E-state index in [0.29, 0.717) is 12.2 Å². The molecule has 1 fully saturated rings. The predicted octanol–water partition coefficient (Wildman–Crippen LogP) is 1.33. The lowest BCUT2D eigenvalue weighted by atomic mass is 10.1. The average molecular weight is 393 g/mol. The van der Waals surface area contributed by atoms with E-state index in [9.17, 15) is 13.2 Å². The van der Waals surface area contributed by atoms with Crippen molar-refractivity contribution in [1.29, 1.82) is 0 Å². The number of para-hydroxylation sites is 1. The van der Waals surface area contributed by atoms with Crippen molar-refractivity contribution in [2.24, 2.45) is 0 Å². The highest BCUT2D eigenvalue weighted by atomic mass is 32.2. The molecule has 2 atom stereocenters. The molecule has 0 spiro atoms. The molecular weight excluding hydrogens is 374 g/mol. The second-order valence-corrected chi connectivity index (χ2v) is 9.44. The molecule has 138 valence electrons. The van der Waals surface area contributed by atoms with Crippen molar-refractivity contribution in [3.05, 3.63) is 40.3 Å². The lowest BCUT2D eigenvalue weighted by Crippen LogP contribution is -2.40. The van der Waals surface area contributed by atoms with Gasteiger partial charge in [0.1, 0.15) is 17.3 Å². The molecule has 2 aromatic rings. The number of nitrogens with one attached hydrogen (secondary N) is 1. The van der Waals surface area contributed by atoms with Gasteiger partial charge in [0, 0.05) is 18.0 Å². The SMILES string of the molecule is Cc1nc(CC(=O)N[C@H]2C[C@H]3COc4ccccc4S(=O)(=O)N3C2)cs1. The molecule has 1 saturated heterocycles. The minimum atomic E-state index is -3.63. The smallest absolute Gasteiger partial charge is 0.247 e. The molecule has 2 aliphatic rings. The van der Waals surface area contributed by atoms with Crippen molar-refractivity contribution in [2.45, 2.75) is 36.7 Å². The number of thiazole rings is 1. The first-order chi connectivity index (χ1) is 12.4. The zero-order valence-electron chi connectivity index (χ0n) is 14.2. The van der Waals surface area contributed by atoms with Crippen LogP contribution in [-0.2, 0) is 21.2 Å². The van der Waals surface area contributed by atoms with Crippen LogP contribution in [0.3, 0.4) is 0 Å². The van der Waals surface area contributed by atoms with Gasteiger partial charge in [-0.15, -0.1) is 11.3 Å². The van der Waals surface area contributed by atoms with E-state index in [1.165, 1.54) is 15.6 Å². The molecule has 0 bridgehead atoms. The third-order valence-corrected chi connectivity index (χ3v) is 7.38. The summed E-state index contributed by atoms with van der Waals surface area (Å²) in [5, 5.41) is 5.73. The molecule has 9 heteroatoms. The molecule has 0 aliphatic carbocycles. The summed E-state index contributed by atoms with van der Waals surface area (Å²) in [5.41, 5.74) is 0.738. The van der Waals surface area contributed by atoms with Crippen LogP contribution in [-0.4, -0.2) is 48.8 Å². The maximum absolute atomic E-state index is 13.0. The molecule has 1 amide bonds. The number of carbonyl (C=O) groups excluding carboxylic acids is 1. The Labute approximate surface area is 156 Å². The summed E-state index contributed by atoms with van der Waals surface area (Å²) >= 11 is 1.51. The quantitative estimate of drug-likeness (QED) is 0.850. The topological polar surface area (TPSA) is 88.6 Å². The van der Waals surface area contributed by atoms with Crippen LogP contribution in [0.25, 0.3) is 0 Å². The highest BCUT2D eigenvalue weighted by molar-refractivity contribution is 7.89. The van der Waals surface area contributed by atoms with Crippen molar-refractivity contribution < 1.29 is 17.9 Å². The molecule has 0 unspecified atom stereocenters. The molecule has 2 aliphatic heterocycles. The number of aromatic nitrogens is 1. The molecule has 0 radical (unpaired) electrons. The number of aryl methyl sites for hydroxylation is 1. The van der Waals surface area contributed by atoms with Gasteiger partial charge in [0.15, 0.2) is 0 Å². The van der Waals surface area contributed by atoms with Crippen LogP contribution in [0.1, 0.15) is 17.1 Å². The summed E-state index contributed by atoms with van der Waals surface area (Å²) in [6, 6.07) is 6.17. The van der Waals surface area contributed by atoms with Gasteiger partial charge in [-0.3, -0.25) is 4.79 Å². The van der Waals surface area contributed by atoms with Crippen LogP contribution < -0.4 is 10.1 Å². The van der Waals surface area contributed by atoms with Gasteiger partial charge in [-0.05, 0) is 25.5 Å². The first-order valence-electron chi connectivity index (χ1n) is 8.37. The summed E-state index contributed by atoms with van der Waals surface area (Å²) < 4.78 is 33.1. The lowest BCUT2D eigenvalue weighted by molar-refractivity contribution is -0.121. The Morgan fingerprint density at radius 3 is 3.00 bits per heavy atom. The van der Waals surface area contributed by atoms with Crippen molar-refractivity contribution in [1.82, 2.24) is 14.6 Å². The highest BCUT2D eigenvalue weighted by Gasteiger charge is 2.44. The fourth-order valence-corrected chi connectivity index (χ4v) is 5.88. The van der Waals surface area contributed by atoms with Crippen molar-refractivity contribution in [3.8, 4) is 5.75 Å². The van der Waals surface area contributed by atoms with E-state index in [0.717, 1.165) is 10.7 Å². The van der Waals surface area contributed by atoms with Crippen LogP contribution in [0.15, 0.2) is 34.5 Å². The Hall–Kier alpha value is -1.97. The van der Waals surface area contributed by atoms with Crippen LogP contribution in [0, 0.1) is 6.92 Å². The zero-order chi connectivity index (χ0) is 18.3. The van der Waals surface area contributed by atoms with Crippen LogP contribution >= 0.6 is 11.3 Å². The molecule has 1 N–H and O–H groups in total. The van der Waals surface area contributed by atoms with Crippen molar-refractivity contribution >= 4 is 27.3 Å². The van der Waals surface area contributed by atoms with Gasteiger partial charge in [0.2, 0.25) is 15.9 Å². The Morgan fingerprint density at radius 2 is 2.23 bits per heavy atom. The molecule has 1 aromatic carbocycles. The maximum atomic E-state index is 13.0. The Kier molecular flexibility index (Phi) is 4.45. The Bertz CT molecular complexity index is 941. The normalized spacial score (nSPS) is 24.2. The first kappa shape index (κ1) is 17.4. The number of rotatable bonds is 3. The van der Waals surface area contributed by atoms with E-state index in [1.54, 1.807) is 24.3 Å². The minimum Gasteiger partial charge on any atom is -0.490 e. The fourth-order valence-electron chi connectivity index (χ4n) is 3.46. The van der Waals surface area contributed by atoms with Crippen molar-refractivity contribution in [2.75, 3.05) is 13.2 Å². The molecule has 7 nitrogen and oxygen atoms in total. The standard InChI is InChI=1S/C17H19N3O4S2/c1-11-18-13(10-25-11)7-17(21)19-12-6-14-9-24-15-4-2-3-5-16(15)26(22,23)20(14)8-12/h2-5,10,12,14H,6-9H2,1H3,(H,19,21)/t12-,14-/m0/s1. The van der Waals surface area contributed by atoms with Gasteiger partial charge >= 0.3 is 0 Å². The Balaban J connectivity index is 1.47. The van der Waals surface area contributed by atoms with E-state index in [4.69, 9.17) is 4.74 Å². The van der Waals surface area contributed by atoms with E-state index in [2.05, 4.69) is 10.3 Å². The number of hydrogen-bond acceptors (Lipinski definition) is 6. The number of hydrogen-bond donors (Lipinski definition) is 1. The lowest BCUT2D eigenvalue weighted by Gasteiger charge is -2.19. The van der Waals surface area contributed by atoms with Crippen LogP contribution in [0.2, 0.25) is 0 Å². The predicted molar refractivity (Wildman–Crippen MR) is 96.7 cm³/mol. The number of fused-ring (bicyclic) bond motifs is 2. The summed E-state index contributed by atoms with van der Waals surface area (Å²) in [4.78, 5) is 16.7. The summed E-state index contributed by atoms with van der Waals surface area (Å²) in [6.07, 6.45) is 0.743. The van der Waals surface area contributed by atoms with Crippen LogP contribution in [0.5, 0.6) is 5.75 Å². The van der Waals surface area contributed by atoms with E-state index >= 15 is 0 Å². The van der Waals surface area contributed by atoms with E-state index in [1.807, 2.05) is 12.3 Å². The van der Waals surface area contributed by atoms with Crippen LogP contribution in [0.4, 0.5) is 0 Å². The second kappa shape index (κ2) is 6.64. The summed E-state index contributed by atoms with van der Waals surface area (Å²) in [7, 11) is -3.63. The van der Waals surface area contributed by atoms with Gasteiger partial charge in [-0.2, -0.15) is 4.31 Å². The summed E-state index contributed by atoms with van der Waals surface area (Å²) in [6.45, 7) is 2.44. The third-order valence-electron chi connectivity index (χ3n) is 4.60. The molecule has 4 rings (SSSR count).